The Labute approximate surface area is 163 Å². The maximum absolute atomic E-state index is 13.3. The topological polar surface area (TPSA) is 55.1 Å². The molecule has 3 aromatic rings. The van der Waals surface area contributed by atoms with E-state index >= 15 is 0 Å². The van der Waals surface area contributed by atoms with E-state index in [1.54, 1.807) is 62.4 Å². The number of alkyl halides is 3. The van der Waals surface area contributed by atoms with Gasteiger partial charge < -0.3 is 5.11 Å². The van der Waals surface area contributed by atoms with Crippen LogP contribution in [0.15, 0.2) is 59.5 Å². The molecule has 1 atom stereocenters. The van der Waals surface area contributed by atoms with E-state index in [1.165, 1.54) is 10.9 Å². The van der Waals surface area contributed by atoms with Crippen LogP contribution in [0.5, 0.6) is 0 Å². The molecule has 0 saturated carbocycles. The van der Waals surface area contributed by atoms with Gasteiger partial charge in [-0.15, -0.1) is 0 Å². The van der Waals surface area contributed by atoms with E-state index in [4.69, 9.17) is 0 Å². The molecular weight excluding hydrogens is 389 g/mol. The van der Waals surface area contributed by atoms with Gasteiger partial charge in [-0.05, 0) is 49.7 Å². The van der Waals surface area contributed by atoms with Gasteiger partial charge in [0.2, 0.25) is 0 Å². The Morgan fingerprint density at radius 3 is 2.04 bits per heavy atom. The highest BCUT2D eigenvalue weighted by Gasteiger charge is 2.35. The average molecular weight is 408 g/mol. The van der Waals surface area contributed by atoms with E-state index in [9.17, 15) is 22.5 Å². The molecule has 148 valence electrons. The molecule has 0 fully saturated rings. The summed E-state index contributed by atoms with van der Waals surface area (Å²) in [5, 5.41) is 13.8. The van der Waals surface area contributed by atoms with Gasteiger partial charge >= 0.3 is 6.18 Å². The van der Waals surface area contributed by atoms with Crippen molar-refractivity contribution in [1.82, 2.24) is 9.78 Å². The molecule has 28 heavy (non-hydrogen) atoms. The van der Waals surface area contributed by atoms with Crippen molar-refractivity contribution in [2.75, 3.05) is 6.26 Å². The molecule has 0 aliphatic heterocycles. The van der Waals surface area contributed by atoms with E-state index in [0.717, 1.165) is 6.07 Å². The summed E-state index contributed by atoms with van der Waals surface area (Å²) in [5.74, 6) is 0. The lowest BCUT2D eigenvalue weighted by molar-refractivity contribution is -0.141. The van der Waals surface area contributed by atoms with Gasteiger partial charge in [-0.1, -0.05) is 24.3 Å². The fraction of sp³-hybridized carbons (Fsp3) is 0.250. The van der Waals surface area contributed by atoms with Crippen molar-refractivity contribution in [1.29, 1.82) is 0 Å². The number of halogens is 3. The molecular formula is C20H19F3N2O2S. The standard InChI is InChI=1S/C20H19F3N2O2S/c1-19(2,26)14-6-8-15(9-7-14)25-17(12-18(24-25)20(21,22)23)13-4-10-16(11-5-13)28(3)27/h4-12,26H,1-3H3. The third kappa shape index (κ3) is 4.18. The number of hydrogen-bond acceptors (Lipinski definition) is 3. The summed E-state index contributed by atoms with van der Waals surface area (Å²) < 4.78 is 52.5. The zero-order valence-electron chi connectivity index (χ0n) is 15.5. The molecule has 0 radical (unpaired) electrons. The van der Waals surface area contributed by atoms with Crippen LogP contribution in [0.4, 0.5) is 13.2 Å². The van der Waals surface area contributed by atoms with Crippen LogP contribution in [0.25, 0.3) is 16.9 Å². The smallest absolute Gasteiger partial charge is 0.386 e. The quantitative estimate of drug-likeness (QED) is 0.691. The lowest BCUT2D eigenvalue weighted by Gasteiger charge is -2.18. The highest BCUT2D eigenvalue weighted by atomic mass is 32.2. The SMILES string of the molecule is CS(=O)c1ccc(-c2cc(C(F)(F)F)nn2-c2ccc(C(C)(C)O)cc2)cc1. The van der Waals surface area contributed by atoms with Gasteiger partial charge in [0.15, 0.2) is 5.69 Å². The third-order valence-electron chi connectivity index (χ3n) is 4.30. The maximum Gasteiger partial charge on any atom is 0.435 e. The van der Waals surface area contributed by atoms with Crippen LogP contribution in [-0.2, 0) is 22.6 Å². The molecule has 0 amide bonds. The van der Waals surface area contributed by atoms with Crippen LogP contribution >= 0.6 is 0 Å². The molecule has 1 N–H and O–H groups in total. The van der Waals surface area contributed by atoms with Crippen LogP contribution in [0.2, 0.25) is 0 Å². The van der Waals surface area contributed by atoms with Gasteiger partial charge in [0.1, 0.15) is 0 Å². The van der Waals surface area contributed by atoms with E-state index in [-0.39, 0.29) is 5.69 Å². The summed E-state index contributed by atoms with van der Waals surface area (Å²) in [4.78, 5) is 0.584. The number of aromatic nitrogens is 2. The molecule has 2 aromatic carbocycles. The zero-order valence-corrected chi connectivity index (χ0v) is 16.3. The monoisotopic (exact) mass is 408 g/mol. The van der Waals surface area contributed by atoms with Crippen molar-refractivity contribution in [3.63, 3.8) is 0 Å². The van der Waals surface area contributed by atoms with Crippen molar-refractivity contribution in [2.45, 2.75) is 30.5 Å². The van der Waals surface area contributed by atoms with Crippen LogP contribution in [-0.4, -0.2) is 25.4 Å². The first-order valence-electron chi connectivity index (χ1n) is 8.41. The van der Waals surface area contributed by atoms with E-state index in [2.05, 4.69) is 5.10 Å². The Bertz CT molecular complexity index is 1000. The van der Waals surface area contributed by atoms with Crippen LogP contribution in [0, 0.1) is 0 Å². The minimum absolute atomic E-state index is 0.261. The predicted octanol–water partition coefficient (Wildman–Crippen LogP) is 4.52. The van der Waals surface area contributed by atoms with Crippen LogP contribution < -0.4 is 0 Å². The Balaban J connectivity index is 2.12. The first-order valence-corrected chi connectivity index (χ1v) is 9.97. The molecule has 0 saturated heterocycles. The Hall–Kier alpha value is -2.45. The lowest BCUT2D eigenvalue weighted by Crippen LogP contribution is -2.15. The second-order valence-electron chi connectivity index (χ2n) is 6.91. The molecule has 1 unspecified atom stereocenters. The second kappa shape index (κ2) is 7.18. The lowest BCUT2D eigenvalue weighted by atomic mass is 9.98. The summed E-state index contributed by atoms with van der Waals surface area (Å²) in [6.07, 6.45) is -3.05. The highest BCUT2D eigenvalue weighted by molar-refractivity contribution is 7.84. The van der Waals surface area contributed by atoms with Crippen molar-refractivity contribution in [3.8, 4) is 16.9 Å². The molecule has 3 rings (SSSR count). The number of rotatable bonds is 4. The number of aliphatic hydroxyl groups is 1. The Kier molecular flexibility index (Phi) is 5.20. The van der Waals surface area contributed by atoms with Gasteiger partial charge in [-0.25, -0.2) is 4.68 Å². The van der Waals surface area contributed by atoms with E-state index < -0.39 is 28.3 Å². The third-order valence-corrected chi connectivity index (χ3v) is 5.24. The fourth-order valence-electron chi connectivity index (χ4n) is 2.75. The number of nitrogens with zero attached hydrogens (tertiary/aromatic N) is 2. The van der Waals surface area contributed by atoms with Gasteiger partial charge in [0.25, 0.3) is 0 Å². The van der Waals surface area contributed by atoms with Gasteiger partial charge in [0, 0.05) is 27.5 Å². The molecule has 0 aliphatic rings. The molecule has 0 bridgehead atoms. The largest absolute Gasteiger partial charge is 0.435 e. The summed E-state index contributed by atoms with van der Waals surface area (Å²) in [7, 11) is -1.18. The van der Waals surface area contributed by atoms with Gasteiger partial charge in [-0.2, -0.15) is 18.3 Å². The fourth-order valence-corrected chi connectivity index (χ4v) is 3.27. The van der Waals surface area contributed by atoms with E-state index in [0.29, 0.717) is 21.7 Å². The first-order chi connectivity index (χ1) is 13.0. The number of hydrogen-bond donors (Lipinski definition) is 1. The average Bonchev–Trinajstić information content (AvgIpc) is 3.07. The van der Waals surface area contributed by atoms with Crippen molar-refractivity contribution in [3.05, 3.63) is 65.9 Å². The van der Waals surface area contributed by atoms with Crippen molar-refractivity contribution >= 4 is 10.8 Å². The Morgan fingerprint density at radius 2 is 1.57 bits per heavy atom. The summed E-state index contributed by atoms with van der Waals surface area (Å²) in [6, 6.07) is 14.0. The van der Waals surface area contributed by atoms with Crippen molar-refractivity contribution in [2.24, 2.45) is 0 Å². The van der Waals surface area contributed by atoms with Crippen LogP contribution in [0.1, 0.15) is 25.1 Å². The maximum atomic E-state index is 13.3. The molecule has 1 heterocycles. The highest BCUT2D eigenvalue weighted by Crippen LogP contribution is 2.33. The Morgan fingerprint density at radius 1 is 1.00 bits per heavy atom. The molecule has 1 aromatic heterocycles. The minimum Gasteiger partial charge on any atom is -0.386 e. The number of benzene rings is 2. The van der Waals surface area contributed by atoms with Gasteiger partial charge in [0.05, 0.1) is 17.0 Å². The second-order valence-corrected chi connectivity index (χ2v) is 8.29. The normalized spacial score (nSPS) is 13.5. The summed E-state index contributed by atoms with van der Waals surface area (Å²) in [6.45, 7) is 3.25. The minimum atomic E-state index is -4.59. The zero-order chi connectivity index (χ0) is 20.7. The molecule has 0 aliphatic carbocycles. The molecule has 4 nitrogen and oxygen atoms in total. The molecule has 0 spiro atoms. The summed E-state index contributed by atoms with van der Waals surface area (Å²) >= 11 is 0. The van der Waals surface area contributed by atoms with Crippen molar-refractivity contribution < 1.29 is 22.5 Å². The van der Waals surface area contributed by atoms with Gasteiger partial charge in [-0.3, -0.25) is 4.21 Å². The van der Waals surface area contributed by atoms with Crippen LogP contribution in [0.3, 0.4) is 0 Å². The van der Waals surface area contributed by atoms with E-state index in [1.807, 2.05) is 0 Å². The predicted molar refractivity (Wildman–Crippen MR) is 102 cm³/mol. The first kappa shape index (κ1) is 20.3. The summed E-state index contributed by atoms with van der Waals surface area (Å²) in [5.41, 5.74) is -0.219. The molecule has 8 heteroatoms.